The maximum absolute atomic E-state index is 6.11. The number of nitrogens with zero attached hydrogens (tertiary/aromatic N) is 2. The molecule has 22 heavy (non-hydrogen) atoms. The fourth-order valence-electron chi connectivity index (χ4n) is 3.25. The van der Waals surface area contributed by atoms with Crippen LogP contribution in [0, 0.1) is 0 Å². The number of hydrogen-bond donors (Lipinski definition) is 1. The minimum atomic E-state index is 0.392. The average molecular weight is 303 g/mol. The maximum Gasteiger partial charge on any atom is 0.119 e. The summed E-state index contributed by atoms with van der Waals surface area (Å²) in [6.07, 6.45) is 3.81. The second kappa shape index (κ2) is 7.95. The van der Waals surface area contributed by atoms with E-state index in [0.717, 1.165) is 57.7 Å². The molecule has 2 fully saturated rings. The van der Waals surface area contributed by atoms with Crippen LogP contribution >= 0.6 is 0 Å². The number of nitrogens with one attached hydrogen (secondary N) is 1. The molecule has 2 aliphatic heterocycles. The van der Waals surface area contributed by atoms with Gasteiger partial charge in [0.05, 0.1) is 0 Å². The van der Waals surface area contributed by atoms with E-state index in [0.29, 0.717) is 6.10 Å². The lowest BCUT2D eigenvalue weighted by Crippen LogP contribution is -2.44. The number of piperidine rings is 1. The lowest BCUT2D eigenvalue weighted by atomic mass is 10.1. The zero-order valence-corrected chi connectivity index (χ0v) is 13.8. The minimum Gasteiger partial charge on any atom is -0.490 e. The van der Waals surface area contributed by atoms with Crippen LogP contribution in [0.2, 0.25) is 0 Å². The first-order chi connectivity index (χ1) is 10.8. The molecule has 2 heterocycles. The van der Waals surface area contributed by atoms with Gasteiger partial charge in [-0.15, -0.1) is 0 Å². The zero-order chi connectivity index (χ0) is 15.2. The fraction of sp³-hybridized carbons (Fsp3) is 0.667. The van der Waals surface area contributed by atoms with Crippen molar-refractivity contribution in [3.63, 3.8) is 0 Å². The van der Waals surface area contributed by atoms with Gasteiger partial charge in [-0.1, -0.05) is 12.1 Å². The van der Waals surface area contributed by atoms with E-state index in [9.17, 15) is 0 Å². The Morgan fingerprint density at radius 3 is 2.41 bits per heavy atom. The smallest absolute Gasteiger partial charge is 0.119 e. The summed E-state index contributed by atoms with van der Waals surface area (Å²) < 4.78 is 6.11. The van der Waals surface area contributed by atoms with Crippen molar-refractivity contribution in [2.45, 2.75) is 25.4 Å². The Kier molecular flexibility index (Phi) is 5.70. The van der Waals surface area contributed by atoms with Crippen LogP contribution in [0.25, 0.3) is 0 Å². The Bertz CT molecular complexity index is 434. The molecule has 2 saturated heterocycles. The van der Waals surface area contributed by atoms with Crippen LogP contribution < -0.4 is 10.1 Å². The quantitative estimate of drug-likeness (QED) is 0.894. The molecule has 0 radical (unpaired) electrons. The van der Waals surface area contributed by atoms with Gasteiger partial charge in [0, 0.05) is 45.8 Å². The minimum absolute atomic E-state index is 0.392. The summed E-state index contributed by atoms with van der Waals surface area (Å²) in [6.45, 7) is 8.07. The van der Waals surface area contributed by atoms with Crippen molar-refractivity contribution < 1.29 is 4.74 Å². The Morgan fingerprint density at radius 1 is 1.05 bits per heavy atom. The highest BCUT2D eigenvalue weighted by atomic mass is 16.5. The summed E-state index contributed by atoms with van der Waals surface area (Å²) in [5.74, 6) is 1.03. The van der Waals surface area contributed by atoms with Crippen LogP contribution in [-0.4, -0.2) is 68.8 Å². The second-order valence-corrected chi connectivity index (χ2v) is 6.61. The van der Waals surface area contributed by atoms with Gasteiger partial charge < -0.3 is 19.9 Å². The van der Waals surface area contributed by atoms with Gasteiger partial charge in [0.2, 0.25) is 0 Å². The molecule has 3 rings (SSSR count). The molecule has 4 heteroatoms. The predicted octanol–water partition coefficient (Wildman–Crippen LogP) is 1.61. The number of ether oxygens (including phenoxy) is 1. The van der Waals surface area contributed by atoms with Crippen molar-refractivity contribution in [3.8, 4) is 5.75 Å². The van der Waals surface area contributed by atoms with Crippen LogP contribution in [0.3, 0.4) is 0 Å². The number of likely N-dealkylation sites (tertiary alicyclic amines) is 1. The molecular formula is C18H29N3O. The van der Waals surface area contributed by atoms with Crippen molar-refractivity contribution in [2.24, 2.45) is 0 Å². The first-order valence-corrected chi connectivity index (χ1v) is 8.67. The average Bonchev–Trinajstić information content (AvgIpc) is 2.57. The summed E-state index contributed by atoms with van der Waals surface area (Å²) in [4.78, 5) is 4.92. The highest BCUT2D eigenvalue weighted by Gasteiger charge is 2.17. The van der Waals surface area contributed by atoms with E-state index in [1.54, 1.807) is 0 Å². The number of benzene rings is 1. The highest BCUT2D eigenvalue weighted by molar-refractivity contribution is 5.27. The molecule has 1 aromatic carbocycles. The molecule has 0 aromatic heterocycles. The summed E-state index contributed by atoms with van der Waals surface area (Å²) in [5, 5.41) is 3.40. The third kappa shape index (κ3) is 4.70. The Labute approximate surface area is 134 Å². The standard InChI is InChI=1S/C18H29N3O/c1-20-11-7-18(8-12-20)22-17-4-2-16(3-5-17)6-13-21-14-9-19-10-15-21/h2-5,18-19H,6-15H2,1H3. The van der Waals surface area contributed by atoms with Crippen molar-refractivity contribution >= 4 is 0 Å². The summed E-state index contributed by atoms with van der Waals surface area (Å²) >= 11 is 0. The van der Waals surface area contributed by atoms with E-state index in [2.05, 4.69) is 46.4 Å². The molecule has 0 saturated carbocycles. The lowest BCUT2D eigenvalue weighted by molar-refractivity contribution is 0.114. The predicted molar refractivity (Wildman–Crippen MR) is 90.6 cm³/mol. The summed E-state index contributed by atoms with van der Waals surface area (Å²) in [6, 6.07) is 8.75. The van der Waals surface area contributed by atoms with E-state index in [1.807, 2.05) is 0 Å². The Hall–Kier alpha value is -1.10. The van der Waals surface area contributed by atoms with E-state index >= 15 is 0 Å². The molecular weight excluding hydrogens is 274 g/mol. The van der Waals surface area contributed by atoms with Crippen LogP contribution in [-0.2, 0) is 6.42 Å². The lowest BCUT2D eigenvalue weighted by Gasteiger charge is -2.29. The van der Waals surface area contributed by atoms with Crippen LogP contribution in [0.5, 0.6) is 5.75 Å². The zero-order valence-electron chi connectivity index (χ0n) is 13.8. The van der Waals surface area contributed by atoms with Crippen LogP contribution in [0.4, 0.5) is 0 Å². The third-order valence-corrected chi connectivity index (χ3v) is 4.82. The normalized spacial score (nSPS) is 21.9. The SMILES string of the molecule is CN1CCC(Oc2ccc(CCN3CCNCC3)cc2)CC1. The van der Waals surface area contributed by atoms with Crippen LogP contribution in [0.1, 0.15) is 18.4 Å². The van der Waals surface area contributed by atoms with Gasteiger partial charge in [0.1, 0.15) is 11.9 Å². The Balaban J connectivity index is 1.43. The first kappa shape index (κ1) is 15.8. The molecule has 1 N–H and O–H groups in total. The van der Waals surface area contributed by atoms with Crippen molar-refractivity contribution in [1.82, 2.24) is 15.1 Å². The van der Waals surface area contributed by atoms with Crippen molar-refractivity contribution in [3.05, 3.63) is 29.8 Å². The van der Waals surface area contributed by atoms with Gasteiger partial charge in [-0.3, -0.25) is 0 Å². The van der Waals surface area contributed by atoms with Gasteiger partial charge >= 0.3 is 0 Å². The van der Waals surface area contributed by atoms with E-state index in [-0.39, 0.29) is 0 Å². The van der Waals surface area contributed by atoms with Crippen molar-refractivity contribution in [1.29, 1.82) is 0 Å². The van der Waals surface area contributed by atoms with Crippen LogP contribution in [0.15, 0.2) is 24.3 Å². The maximum atomic E-state index is 6.11. The molecule has 0 atom stereocenters. The van der Waals surface area contributed by atoms with E-state index in [1.165, 1.54) is 18.7 Å². The van der Waals surface area contributed by atoms with E-state index in [4.69, 9.17) is 4.74 Å². The molecule has 0 spiro atoms. The molecule has 0 amide bonds. The topological polar surface area (TPSA) is 27.7 Å². The van der Waals surface area contributed by atoms with Crippen molar-refractivity contribution in [2.75, 3.05) is 52.9 Å². The highest BCUT2D eigenvalue weighted by Crippen LogP contribution is 2.19. The molecule has 122 valence electrons. The molecule has 2 aliphatic rings. The van der Waals surface area contributed by atoms with Gasteiger partial charge in [0.25, 0.3) is 0 Å². The number of rotatable bonds is 5. The molecule has 4 nitrogen and oxygen atoms in total. The Morgan fingerprint density at radius 2 is 1.73 bits per heavy atom. The molecule has 0 aliphatic carbocycles. The first-order valence-electron chi connectivity index (χ1n) is 8.67. The summed E-state index contributed by atoms with van der Waals surface area (Å²) in [5.41, 5.74) is 1.41. The monoisotopic (exact) mass is 303 g/mol. The molecule has 1 aromatic rings. The van der Waals surface area contributed by atoms with E-state index < -0.39 is 0 Å². The second-order valence-electron chi connectivity index (χ2n) is 6.61. The fourth-order valence-corrected chi connectivity index (χ4v) is 3.25. The molecule has 0 bridgehead atoms. The number of piperazine rings is 1. The van der Waals surface area contributed by atoms with Gasteiger partial charge in [0.15, 0.2) is 0 Å². The molecule has 0 unspecified atom stereocenters. The third-order valence-electron chi connectivity index (χ3n) is 4.82. The summed E-state index contributed by atoms with van der Waals surface area (Å²) in [7, 11) is 2.18. The van der Waals surface area contributed by atoms with Gasteiger partial charge in [-0.05, 0) is 44.0 Å². The number of hydrogen-bond acceptors (Lipinski definition) is 4. The van der Waals surface area contributed by atoms with Gasteiger partial charge in [-0.2, -0.15) is 0 Å². The van der Waals surface area contributed by atoms with Gasteiger partial charge in [-0.25, -0.2) is 0 Å². The largest absolute Gasteiger partial charge is 0.490 e.